The van der Waals surface area contributed by atoms with E-state index < -0.39 is 5.54 Å². The summed E-state index contributed by atoms with van der Waals surface area (Å²) in [5.41, 5.74) is 3.24. The zero-order chi connectivity index (χ0) is 30.1. The summed E-state index contributed by atoms with van der Waals surface area (Å²) in [7, 11) is 0. The summed E-state index contributed by atoms with van der Waals surface area (Å²) in [4.78, 5) is 23.4. The standard InChI is InChI=1S/C34H40Cl2N4O2/c1-23-34(5,25-9-12-27(35)13-10-25)40(32(41)39-18-16-37-17-19-39)31(38-23)29-14-11-26(33(2,3)4)22-30(29)42-20-15-24-7-6-8-28(36)21-24/h6-14,21-23,37H,15-20H2,1-5H3/t23?,34-/m0/s1. The van der Waals surface area contributed by atoms with Gasteiger partial charge in [-0.1, -0.05) is 74.3 Å². The molecule has 42 heavy (non-hydrogen) atoms. The van der Waals surface area contributed by atoms with Gasteiger partial charge in [0.1, 0.15) is 11.6 Å². The lowest BCUT2D eigenvalue weighted by atomic mass is 9.84. The zero-order valence-corrected chi connectivity index (χ0v) is 26.6. The fourth-order valence-corrected chi connectivity index (χ4v) is 6.01. The third-order valence-electron chi connectivity index (χ3n) is 8.44. The van der Waals surface area contributed by atoms with Crippen LogP contribution in [0.25, 0.3) is 0 Å². The van der Waals surface area contributed by atoms with E-state index >= 15 is 0 Å². The van der Waals surface area contributed by atoms with Crippen molar-refractivity contribution >= 4 is 35.1 Å². The number of carbonyl (C=O) groups is 1. The van der Waals surface area contributed by atoms with Crippen LogP contribution in [0, 0.1) is 0 Å². The van der Waals surface area contributed by atoms with Crippen LogP contribution in [0.2, 0.25) is 10.0 Å². The molecule has 2 aliphatic heterocycles. The Balaban J connectivity index is 1.57. The smallest absolute Gasteiger partial charge is 0.326 e. The highest BCUT2D eigenvalue weighted by atomic mass is 35.5. The number of nitrogens with zero attached hydrogens (tertiary/aromatic N) is 3. The number of hydrogen-bond acceptors (Lipinski definition) is 4. The van der Waals surface area contributed by atoms with Gasteiger partial charge in [0, 0.05) is 42.6 Å². The first kappa shape index (κ1) is 30.4. The van der Waals surface area contributed by atoms with Gasteiger partial charge < -0.3 is 15.0 Å². The predicted octanol–water partition coefficient (Wildman–Crippen LogP) is 7.30. The largest absolute Gasteiger partial charge is 0.492 e. The fourth-order valence-electron chi connectivity index (χ4n) is 5.67. The minimum Gasteiger partial charge on any atom is -0.492 e. The number of urea groups is 1. The highest BCUT2D eigenvalue weighted by molar-refractivity contribution is 6.30. The van der Waals surface area contributed by atoms with Gasteiger partial charge in [0.25, 0.3) is 0 Å². The molecule has 0 bridgehead atoms. The highest BCUT2D eigenvalue weighted by Gasteiger charge is 2.51. The van der Waals surface area contributed by atoms with Gasteiger partial charge in [0.2, 0.25) is 0 Å². The Morgan fingerprint density at radius 3 is 2.40 bits per heavy atom. The van der Waals surface area contributed by atoms with E-state index in [4.69, 9.17) is 32.9 Å². The first-order valence-corrected chi connectivity index (χ1v) is 15.4. The van der Waals surface area contributed by atoms with Crippen LogP contribution < -0.4 is 10.1 Å². The molecule has 0 aromatic heterocycles. The minimum absolute atomic E-state index is 0.0539. The average Bonchev–Trinajstić information content (AvgIpc) is 3.23. The molecule has 5 rings (SSSR count). The van der Waals surface area contributed by atoms with Crippen LogP contribution >= 0.6 is 23.2 Å². The maximum absolute atomic E-state index is 14.4. The molecule has 6 nitrogen and oxygen atoms in total. The molecule has 2 heterocycles. The van der Waals surface area contributed by atoms with Gasteiger partial charge in [-0.3, -0.25) is 9.89 Å². The summed E-state index contributed by atoms with van der Waals surface area (Å²) in [6.45, 7) is 14.0. The maximum atomic E-state index is 14.4. The molecule has 0 saturated carbocycles. The third kappa shape index (κ3) is 6.17. The molecule has 8 heteroatoms. The summed E-state index contributed by atoms with van der Waals surface area (Å²) in [5, 5.41) is 4.72. The van der Waals surface area contributed by atoms with Crippen molar-refractivity contribution in [3.8, 4) is 5.75 Å². The van der Waals surface area contributed by atoms with Crippen LogP contribution in [0.3, 0.4) is 0 Å². The molecule has 0 spiro atoms. The second kappa shape index (κ2) is 12.3. The Hall–Kier alpha value is -3.06. The molecule has 0 radical (unpaired) electrons. The molecule has 2 aliphatic rings. The van der Waals surface area contributed by atoms with E-state index in [2.05, 4.69) is 64.2 Å². The molecular weight excluding hydrogens is 567 g/mol. The molecule has 0 aliphatic carbocycles. The lowest BCUT2D eigenvalue weighted by Crippen LogP contribution is -2.58. The third-order valence-corrected chi connectivity index (χ3v) is 8.93. The van der Waals surface area contributed by atoms with Crippen molar-refractivity contribution in [3.05, 3.63) is 99.0 Å². The van der Waals surface area contributed by atoms with Crippen LogP contribution in [0.4, 0.5) is 4.79 Å². The molecule has 3 aromatic rings. The van der Waals surface area contributed by atoms with Crippen LogP contribution in [0.1, 0.15) is 56.9 Å². The Kier molecular flexibility index (Phi) is 8.89. The highest BCUT2D eigenvalue weighted by Crippen LogP contribution is 2.43. The average molecular weight is 608 g/mol. The number of rotatable bonds is 6. The van der Waals surface area contributed by atoms with Gasteiger partial charge in [0.05, 0.1) is 23.8 Å². The van der Waals surface area contributed by atoms with Gasteiger partial charge in [-0.2, -0.15) is 0 Å². The first-order valence-electron chi connectivity index (χ1n) is 14.6. The van der Waals surface area contributed by atoms with Gasteiger partial charge in [-0.25, -0.2) is 4.79 Å². The SMILES string of the molecule is CC1N=C(c2ccc(C(C)(C)C)cc2OCCc2cccc(Cl)c2)N(C(=O)N2CCNCC2)[C@]1(C)c1ccc(Cl)cc1. The summed E-state index contributed by atoms with van der Waals surface area (Å²) in [6.07, 6.45) is 0.703. The van der Waals surface area contributed by atoms with Crippen LogP contribution in [0.5, 0.6) is 5.75 Å². The number of nitrogens with one attached hydrogen (secondary N) is 1. The lowest BCUT2D eigenvalue weighted by molar-refractivity contribution is 0.131. The summed E-state index contributed by atoms with van der Waals surface area (Å²) >= 11 is 12.5. The maximum Gasteiger partial charge on any atom is 0.326 e. The molecule has 222 valence electrons. The Bertz CT molecular complexity index is 1460. The number of hydrogen-bond donors (Lipinski definition) is 1. The van der Waals surface area contributed by atoms with E-state index in [1.807, 2.05) is 52.3 Å². The molecule has 1 N–H and O–H groups in total. The number of piperazine rings is 1. The van der Waals surface area contributed by atoms with E-state index in [-0.39, 0.29) is 17.5 Å². The van der Waals surface area contributed by atoms with Crippen molar-refractivity contribution in [2.45, 2.75) is 58.0 Å². The van der Waals surface area contributed by atoms with Gasteiger partial charge in [-0.05, 0) is 72.4 Å². The Morgan fingerprint density at radius 2 is 1.74 bits per heavy atom. The fraction of sp³-hybridized carbons (Fsp3) is 0.412. The predicted molar refractivity (Wildman–Crippen MR) is 172 cm³/mol. The van der Waals surface area contributed by atoms with Crippen molar-refractivity contribution in [1.29, 1.82) is 0 Å². The summed E-state index contributed by atoms with van der Waals surface area (Å²) in [5.74, 6) is 1.34. The molecule has 2 atom stereocenters. The molecule has 1 saturated heterocycles. The summed E-state index contributed by atoms with van der Waals surface area (Å²) < 4.78 is 6.52. The lowest BCUT2D eigenvalue weighted by Gasteiger charge is -2.42. The van der Waals surface area contributed by atoms with E-state index in [0.717, 1.165) is 35.3 Å². The van der Waals surface area contributed by atoms with E-state index in [0.29, 0.717) is 47.7 Å². The Labute approximate surface area is 259 Å². The molecule has 2 amide bonds. The number of carbonyl (C=O) groups excluding carboxylic acids is 1. The number of aliphatic imine (C=N–C) groups is 1. The second-order valence-corrected chi connectivity index (χ2v) is 13.2. The second-order valence-electron chi connectivity index (χ2n) is 12.3. The number of amides is 2. The quantitative estimate of drug-likeness (QED) is 0.320. The van der Waals surface area contributed by atoms with E-state index in [9.17, 15) is 4.79 Å². The van der Waals surface area contributed by atoms with Crippen molar-refractivity contribution in [3.63, 3.8) is 0 Å². The van der Waals surface area contributed by atoms with Gasteiger partial charge in [-0.15, -0.1) is 0 Å². The number of amidine groups is 1. The monoisotopic (exact) mass is 606 g/mol. The molecule has 1 fully saturated rings. The minimum atomic E-state index is -0.720. The van der Waals surface area contributed by atoms with Crippen LogP contribution in [0.15, 0.2) is 71.7 Å². The van der Waals surface area contributed by atoms with E-state index in [1.54, 1.807) is 0 Å². The molecular formula is C34H40Cl2N4O2. The van der Waals surface area contributed by atoms with Gasteiger partial charge in [0.15, 0.2) is 0 Å². The van der Waals surface area contributed by atoms with E-state index in [1.165, 1.54) is 0 Å². The van der Waals surface area contributed by atoms with Crippen molar-refractivity contribution in [2.24, 2.45) is 4.99 Å². The van der Waals surface area contributed by atoms with Crippen LogP contribution in [-0.4, -0.2) is 60.5 Å². The topological polar surface area (TPSA) is 57.2 Å². The normalized spacial score (nSPS) is 20.9. The molecule has 1 unspecified atom stereocenters. The van der Waals surface area contributed by atoms with Crippen LogP contribution in [-0.2, 0) is 17.4 Å². The number of ether oxygens (including phenoxy) is 1. The van der Waals surface area contributed by atoms with Crippen molar-refractivity contribution in [2.75, 3.05) is 32.8 Å². The van der Waals surface area contributed by atoms with Crippen molar-refractivity contribution < 1.29 is 9.53 Å². The molecule has 3 aromatic carbocycles. The summed E-state index contributed by atoms with van der Waals surface area (Å²) in [6, 6.07) is 21.6. The first-order chi connectivity index (χ1) is 20.0. The van der Waals surface area contributed by atoms with Gasteiger partial charge >= 0.3 is 6.03 Å². The van der Waals surface area contributed by atoms with Crippen molar-refractivity contribution in [1.82, 2.24) is 15.1 Å². The number of halogens is 2. The zero-order valence-electron chi connectivity index (χ0n) is 25.1. The number of benzene rings is 3. The Morgan fingerprint density at radius 1 is 1.02 bits per heavy atom.